The standard InChI is InChI=1S/C31H33F2N5O2/c1-19-20(2)36-30-28(35-19)27(22-10-13-31(32,33)14-11-22)37-29(38-30)23-12-15-39-25(16-23)24-8-9-26(34-17-24)40-18-21-6-4-3-5-7-21/h3-9,17,22-23,25H,10-16,18H2,1-2H3/t23-,25+/m0/s1. The second-order valence-corrected chi connectivity index (χ2v) is 10.9. The van der Waals surface area contributed by atoms with Gasteiger partial charge in [0.25, 0.3) is 0 Å². The van der Waals surface area contributed by atoms with E-state index in [0.29, 0.717) is 55.3 Å². The molecule has 40 heavy (non-hydrogen) atoms. The maximum atomic E-state index is 14.0. The van der Waals surface area contributed by atoms with Crippen molar-refractivity contribution >= 4 is 11.2 Å². The fraction of sp³-hybridized carbons (Fsp3) is 0.452. The van der Waals surface area contributed by atoms with Gasteiger partial charge >= 0.3 is 0 Å². The van der Waals surface area contributed by atoms with Crippen LogP contribution in [0.3, 0.4) is 0 Å². The van der Waals surface area contributed by atoms with Gasteiger partial charge in [0.2, 0.25) is 11.8 Å². The molecule has 0 unspecified atom stereocenters. The fourth-order valence-electron chi connectivity index (χ4n) is 5.59. The van der Waals surface area contributed by atoms with Crippen molar-refractivity contribution in [2.75, 3.05) is 6.61 Å². The van der Waals surface area contributed by atoms with Crippen LogP contribution < -0.4 is 4.74 Å². The van der Waals surface area contributed by atoms with Gasteiger partial charge in [0.05, 0.1) is 23.2 Å². The Morgan fingerprint density at radius 3 is 2.42 bits per heavy atom. The summed E-state index contributed by atoms with van der Waals surface area (Å²) in [5.41, 5.74) is 5.61. The van der Waals surface area contributed by atoms with E-state index in [0.717, 1.165) is 34.6 Å². The number of nitrogens with zero attached hydrogens (tertiary/aromatic N) is 5. The predicted octanol–water partition coefficient (Wildman–Crippen LogP) is 6.94. The van der Waals surface area contributed by atoms with Crippen LogP contribution in [0.15, 0.2) is 48.7 Å². The molecule has 1 saturated heterocycles. The minimum absolute atomic E-state index is 0.0457. The molecule has 1 aliphatic carbocycles. The molecule has 6 rings (SSSR count). The Kier molecular flexibility index (Phi) is 7.40. The Labute approximate surface area is 232 Å². The van der Waals surface area contributed by atoms with Gasteiger partial charge < -0.3 is 9.47 Å². The second-order valence-electron chi connectivity index (χ2n) is 10.9. The molecule has 0 spiro atoms. The van der Waals surface area contributed by atoms with E-state index in [9.17, 15) is 8.78 Å². The van der Waals surface area contributed by atoms with Crippen molar-refractivity contribution in [1.29, 1.82) is 0 Å². The van der Waals surface area contributed by atoms with Gasteiger partial charge in [-0.25, -0.2) is 33.7 Å². The van der Waals surface area contributed by atoms with E-state index < -0.39 is 5.92 Å². The maximum absolute atomic E-state index is 14.0. The summed E-state index contributed by atoms with van der Waals surface area (Å²) in [6, 6.07) is 13.8. The number of rotatable bonds is 6. The minimum atomic E-state index is -2.61. The first-order valence-corrected chi connectivity index (χ1v) is 14.0. The SMILES string of the molecule is Cc1nc2nc([C@H]3CCO[C@@H](c4ccc(OCc5ccccc5)nc4)C3)nc(C3CCC(F)(F)CC3)c2nc1C. The largest absolute Gasteiger partial charge is 0.473 e. The molecule has 1 saturated carbocycles. The molecule has 1 aromatic carbocycles. The number of pyridine rings is 1. The molecule has 9 heteroatoms. The highest BCUT2D eigenvalue weighted by Crippen LogP contribution is 2.43. The van der Waals surface area contributed by atoms with Crippen LogP contribution in [0, 0.1) is 13.8 Å². The van der Waals surface area contributed by atoms with E-state index in [4.69, 9.17) is 29.4 Å². The highest BCUT2D eigenvalue weighted by atomic mass is 19.3. The predicted molar refractivity (Wildman–Crippen MR) is 146 cm³/mol. The van der Waals surface area contributed by atoms with Crippen LogP contribution in [0.1, 0.15) is 90.5 Å². The highest BCUT2D eigenvalue weighted by molar-refractivity contribution is 5.73. The van der Waals surface area contributed by atoms with Crippen LogP contribution in [0.2, 0.25) is 0 Å². The van der Waals surface area contributed by atoms with E-state index >= 15 is 0 Å². The van der Waals surface area contributed by atoms with Gasteiger partial charge in [-0.15, -0.1) is 0 Å². The third-order valence-corrected chi connectivity index (χ3v) is 8.10. The lowest BCUT2D eigenvalue weighted by molar-refractivity contribution is -0.0384. The molecular formula is C31H33F2N5O2. The number of benzene rings is 1. The molecule has 2 aliphatic rings. The Balaban J connectivity index is 1.22. The topological polar surface area (TPSA) is 82.9 Å². The Morgan fingerprint density at radius 2 is 1.68 bits per heavy atom. The third kappa shape index (κ3) is 5.80. The molecule has 0 N–H and O–H groups in total. The summed E-state index contributed by atoms with van der Waals surface area (Å²) in [7, 11) is 0. The van der Waals surface area contributed by atoms with E-state index in [1.807, 2.05) is 56.3 Å². The number of ether oxygens (including phenoxy) is 2. The summed E-state index contributed by atoms with van der Waals surface area (Å²) in [5, 5.41) is 0. The fourth-order valence-corrected chi connectivity index (χ4v) is 5.59. The van der Waals surface area contributed by atoms with Crippen molar-refractivity contribution in [2.24, 2.45) is 0 Å². The van der Waals surface area contributed by atoms with Gasteiger partial charge in [-0.05, 0) is 56.7 Å². The summed E-state index contributed by atoms with van der Waals surface area (Å²) >= 11 is 0. The Bertz CT molecular complexity index is 1470. The van der Waals surface area contributed by atoms with Crippen molar-refractivity contribution in [2.45, 2.75) is 82.8 Å². The van der Waals surface area contributed by atoms with Gasteiger partial charge in [0.15, 0.2) is 5.65 Å². The molecule has 208 valence electrons. The van der Waals surface area contributed by atoms with Gasteiger partial charge in [-0.1, -0.05) is 30.3 Å². The molecule has 0 amide bonds. The number of fused-ring (bicyclic) bond motifs is 1. The highest BCUT2D eigenvalue weighted by Gasteiger charge is 2.37. The summed E-state index contributed by atoms with van der Waals surface area (Å²) in [4.78, 5) is 23.9. The smallest absolute Gasteiger partial charge is 0.248 e. The monoisotopic (exact) mass is 545 g/mol. The lowest BCUT2D eigenvalue weighted by Crippen LogP contribution is -2.25. The summed E-state index contributed by atoms with van der Waals surface area (Å²) in [6.07, 6.45) is 3.62. The lowest BCUT2D eigenvalue weighted by Gasteiger charge is -2.31. The van der Waals surface area contributed by atoms with Crippen molar-refractivity contribution in [1.82, 2.24) is 24.9 Å². The number of aromatic nitrogens is 5. The molecule has 0 radical (unpaired) electrons. The van der Waals surface area contributed by atoms with Crippen molar-refractivity contribution in [3.05, 3.63) is 82.7 Å². The number of halogens is 2. The van der Waals surface area contributed by atoms with Gasteiger partial charge in [0, 0.05) is 43.5 Å². The zero-order chi connectivity index (χ0) is 27.7. The summed E-state index contributed by atoms with van der Waals surface area (Å²) in [5.74, 6) is -1.39. The van der Waals surface area contributed by atoms with E-state index in [-0.39, 0.29) is 30.8 Å². The summed E-state index contributed by atoms with van der Waals surface area (Å²) in [6.45, 7) is 4.84. The first-order valence-electron chi connectivity index (χ1n) is 14.0. The van der Waals surface area contributed by atoms with E-state index in [2.05, 4.69) is 4.98 Å². The minimum Gasteiger partial charge on any atom is -0.473 e. The number of aryl methyl sites for hydroxylation is 2. The zero-order valence-corrected chi connectivity index (χ0v) is 22.8. The Morgan fingerprint density at radius 1 is 0.900 bits per heavy atom. The van der Waals surface area contributed by atoms with Gasteiger partial charge in [0.1, 0.15) is 17.9 Å². The van der Waals surface area contributed by atoms with E-state index in [1.54, 1.807) is 6.20 Å². The molecule has 2 atom stereocenters. The van der Waals surface area contributed by atoms with Crippen LogP contribution >= 0.6 is 0 Å². The van der Waals surface area contributed by atoms with Crippen LogP contribution in [-0.4, -0.2) is 37.4 Å². The average Bonchev–Trinajstić information content (AvgIpc) is 2.97. The number of hydrogen-bond acceptors (Lipinski definition) is 7. The Hall–Kier alpha value is -3.59. The molecule has 4 heterocycles. The molecular weight excluding hydrogens is 512 g/mol. The average molecular weight is 546 g/mol. The van der Waals surface area contributed by atoms with Crippen LogP contribution in [0.5, 0.6) is 5.88 Å². The molecule has 7 nitrogen and oxygen atoms in total. The lowest BCUT2D eigenvalue weighted by atomic mass is 9.84. The van der Waals surface area contributed by atoms with Crippen LogP contribution in [-0.2, 0) is 11.3 Å². The molecule has 4 aromatic rings. The van der Waals surface area contributed by atoms with Gasteiger partial charge in [-0.2, -0.15) is 0 Å². The second kappa shape index (κ2) is 11.1. The number of hydrogen-bond donors (Lipinski definition) is 0. The van der Waals surface area contributed by atoms with Gasteiger partial charge in [-0.3, -0.25) is 0 Å². The number of alkyl halides is 2. The zero-order valence-electron chi connectivity index (χ0n) is 22.8. The first kappa shape index (κ1) is 26.6. The van der Waals surface area contributed by atoms with Crippen molar-refractivity contribution in [3.8, 4) is 5.88 Å². The van der Waals surface area contributed by atoms with Crippen molar-refractivity contribution < 1.29 is 18.3 Å². The molecule has 1 aliphatic heterocycles. The molecule has 3 aromatic heterocycles. The normalized spacial score (nSPS) is 21.4. The summed E-state index contributed by atoms with van der Waals surface area (Å²) < 4.78 is 39.9. The van der Waals surface area contributed by atoms with Crippen molar-refractivity contribution in [3.63, 3.8) is 0 Å². The maximum Gasteiger partial charge on any atom is 0.248 e. The molecule has 0 bridgehead atoms. The first-order chi connectivity index (χ1) is 19.3. The van der Waals surface area contributed by atoms with Crippen LogP contribution in [0.4, 0.5) is 8.78 Å². The van der Waals surface area contributed by atoms with E-state index in [1.165, 1.54) is 0 Å². The quantitative estimate of drug-likeness (QED) is 0.260. The third-order valence-electron chi connectivity index (χ3n) is 8.10. The molecule has 2 fully saturated rings. The van der Waals surface area contributed by atoms with Crippen LogP contribution in [0.25, 0.3) is 11.2 Å².